The van der Waals surface area contributed by atoms with Crippen molar-refractivity contribution >= 4 is 17.1 Å². The van der Waals surface area contributed by atoms with Crippen LogP contribution in [0.15, 0.2) is 35.5 Å². The number of aromatic nitrogens is 1. The quantitative estimate of drug-likeness (QED) is 0.684. The third kappa shape index (κ3) is 3.23. The summed E-state index contributed by atoms with van der Waals surface area (Å²) in [6.07, 6.45) is 2.75. The third-order valence-electron chi connectivity index (χ3n) is 5.99. The summed E-state index contributed by atoms with van der Waals surface area (Å²) in [6.45, 7) is 1.10. The maximum Gasteiger partial charge on any atom is 0.408 e. The van der Waals surface area contributed by atoms with Crippen LogP contribution < -0.4 is 0 Å². The van der Waals surface area contributed by atoms with Gasteiger partial charge in [-0.15, -0.1) is 0 Å². The first kappa shape index (κ1) is 20.0. The molecular formula is C22H20F3N5. The Labute approximate surface area is 172 Å². The summed E-state index contributed by atoms with van der Waals surface area (Å²) in [7, 11) is 0. The van der Waals surface area contributed by atoms with Crippen LogP contribution >= 0.6 is 0 Å². The van der Waals surface area contributed by atoms with E-state index in [0.29, 0.717) is 16.6 Å². The van der Waals surface area contributed by atoms with Crippen LogP contribution in [0.5, 0.6) is 0 Å². The van der Waals surface area contributed by atoms with E-state index in [1.165, 1.54) is 18.5 Å². The molecule has 0 amide bonds. The first-order valence-electron chi connectivity index (χ1n) is 9.89. The molecule has 4 rings (SSSR count). The number of allylic oxidation sites excluding steroid dienone is 1. The molecule has 5 nitrogen and oxygen atoms in total. The molecule has 0 radical (unpaired) electrons. The largest absolute Gasteiger partial charge is 0.408 e. The van der Waals surface area contributed by atoms with Crippen LogP contribution in [0.1, 0.15) is 61.6 Å². The lowest BCUT2D eigenvalue weighted by Gasteiger charge is -2.37. The molecule has 2 heterocycles. The van der Waals surface area contributed by atoms with E-state index in [2.05, 4.69) is 17.1 Å². The molecular weight excluding hydrogens is 391 g/mol. The van der Waals surface area contributed by atoms with Gasteiger partial charge in [0.2, 0.25) is 0 Å². The van der Waals surface area contributed by atoms with Crippen molar-refractivity contribution in [1.82, 2.24) is 9.47 Å². The second-order valence-electron chi connectivity index (χ2n) is 7.70. The lowest BCUT2D eigenvalue weighted by atomic mass is 10.1. The van der Waals surface area contributed by atoms with Gasteiger partial charge in [0.15, 0.2) is 6.17 Å². The predicted molar refractivity (Wildman–Crippen MR) is 107 cm³/mol. The van der Waals surface area contributed by atoms with Gasteiger partial charge in [-0.25, -0.2) is 0 Å². The maximum absolute atomic E-state index is 13.6. The van der Waals surface area contributed by atoms with E-state index in [-0.39, 0.29) is 11.6 Å². The highest BCUT2D eigenvalue weighted by atomic mass is 19.4. The fourth-order valence-corrected chi connectivity index (χ4v) is 4.48. The molecule has 154 valence electrons. The number of nitrogens with zero attached hydrogens (tertiary/aromatic N) is 5. The normalized spacial score (nSPS) is 20.5. The van der Waals surface area contributed by atoms with Crippen molar-refractivity contribution in [2.24, 2.45) is 4.99 Å². The van der Waals surface area contributed by atoms with Gasteiger partial charge < -0.3 is 9.47 Å². The van der Waals surface area contributed by atoms with E-state index in [1.807, 2.05) is 4.57 Å². The molecule has 30 heavy (non-hydrogen) atoms. The number of rotatable bonds is 3. The minimum atomic E-state index is -4.44. The van der Waals surface area contributed by atoms with Crippen LogP contribution in [0.25, 0.3) is 10.9 Å². The van der Waals surface area contributed by atoms with E-state index in [1.54, 1.807) is 18.2 Å². The Hall–Kier alpha value is -3.26. The van der Waals surface area contributed by atoms with Crippen molar-refractivity contribution in [2.75, 3.05) is 0 Å². The second-order valence-corrected chi connectivity index (χ2v) is 7.70. The molecule has 1 saturated carbocycles. The molecule has 2 aliphatic rings. The highest BCUT2D eigenvalue weighted by Gasteiger charge is 2.44. The molecule has 1 unspecified atom stereocenters. The average molecular weight is 411 g/mol. The second kappa shape index (κ2) is 7.53. The fourth-order valence-electron chi connectivity index (χ4n) is 4.48. The number of benzene rings is 1. The first-order valence-corrected chi connectivity index (χ1v) is 9.89. The zero-order chi connectivity index (χ0) is 21.5. The predicted octanol–water partition coefficient (Wildman–Crippen LogP) is 5.35. The highest BCUT2D eigenvalue weighted by molar-refractivity contribution is 5.90. The summed E-state index contributed by atoms with van der Waals surface area (Å²) in [4.78, 5) is 5.53. The number of alkyl halides is 3. The lowest BCUT2D eigenvalue weighted by Crippen LogP contribution is -2.43. The molecule has 1 aliphatic carbocycles. The van der Waals surface area contributed by atoms with Crippen molar-refractivity contribution < 1.29 is 13.2 Å². The number of hydrogen-bond donors (Lipinski definition) is 0. The molecule has 1 fully saturated rings. The van der Waals surface area contributed by atoms with E-state index in [9.17, 15) is 23.7 Å². The van der Waals surface area contributed by atoms with Gasteiger partial charge in [0.05, 0.1) is 28.4 Å². The first-order chi connectivity index (χ1) is 14.4. The summed E-state index contributed by atoms with van der Waals surface area (Å²) in [5, 5.41) is 19.9. The van der Waals surface area contributed by atoms with Gasteiger partial charge in [0.25, 0.3) is 0 Å². The van der Waals surface area contributed by atoms with Crippen molar-refractivity contribution in [3.63, 3.8) is 0 Å². The van der Waals surface area contributed by atoms with Crippen LogP contribution in [0.3, 0.4) is 0 Å². The summed E-state index contributed by atoms with van der Waals surface area (Å²) in [5.74, 6) is 0. The Morgan fingerprint density at radius 2 is 1.90 bits per heavy atom. The number of aliphatic imine (C=N–C) groups is 1. The number of nitriles is 2. The molecule has 1 aliphatic heterocycles. The van der Waals surface area contributed by atoms with Gasteiger partial charge in [-0.2, -0.15) is 23.7 Å². The summed E-state index contributed by atoms with van der Waals surface area (Å²) < 4.78 is 42.7. The molecule has 0 spiro atoms. The Kier molecular flexibility index (Phi) is 5.03. The molecule has 2 aromatic rings. The molecule has 2 atom stereocenters. The van der Waals surface area contributed by atoms with Crippen LogP contribution in [0, 0.1) is 22.7 Å². The van der Waals surface area contributed by atoms with Crippen LogP contribution in [-0.4, -0.2) is 27.9 Å². The fraction of sp³-hybridized carbons (Fsp3) is 0.409. The molecule has 0 bridgehead atoms. The van der Waals surface area contributed by atoms with Gasteiger partial charge in [-0.05, 0) is 44.0 Å². The number of halogens is 3. The minimum absolute atomic E-state index is 0.0849. The number of fused-ring (bicyclic) bond motifs is 1. The van der Waals surface area contributed by atoms with Gasteiger partial charge >= 0.3 is 6.18 Å². The van der Waals surface area contributed by atoms with Crippen molar-refractivity contribution in [1.29, 1.82) is 10.5 Å². The van der Waals surface area contributed by atoms with E-state index in [4.69, 9.17) is 0 Å². The monoisotopic (exact) mass is 411 g/mol. The third-order valence-corrected chi connectivity index (χ3v) is 5.99. The van der Waals surface area contributed by atoms with Crippen molar-refractivity contribution in [2.45, 2.75) is 57.0 Å². The van der Waals surface area contributed by atoms with E-state index in [0.717, 1.165) is 43.0 Å². The Balaban J connectivity index is 1.98. The van der Waals surface area contributed by atoms with E-state index >= 15 is 0 Å². The summed E-state index contributed by atoms with van der Waals surface area (Å²) >= 11 is 0. The van der Waals surface area contributed by atoms with Gasteiger partial charge in [0.1, 0.15) is 12.1 Å². The van der Waals surface area contributed by atoms with Gasteiger partial charge in [-0.3, -0.25) is 4.99 Å². The summed E-state index contributed by atoms with van der Waals surface area (Å²) in [5.41, 5.74) is 1.91. The zero-order valence-corrected chi connectivity index (χ0v) is 16.4. The standard InChI is InChI=1S/C22H20F3N5/c1-14(22(23,24)25)29-10-4-9-28-21(29)20-18(13-27)17-11-15(12-26)7-8-19(17)30(20)16-5-2-3-6-16/h4,7-11,14,16,21H,2-3,5-6H2,1H3/t14-,21?/m0/s1. The number of hydrogen-bond acceptors (Lipinski definition) is 4. The van der Waals surface area contributed by atoms with Gasteiger partial charge in [0, 0.05) is 23.8 Å². The highest BCUT2D eigenvalue weighted by Crippen LogP contribution is 2.43. The lowest BCUT2D eigenvalue weighted by molar-refractivity contribution is -0.177. The molecule has 0 N–H and O–H groups in total. The van der Waals surface area contributed by atoms with Gasteiger partial charge in [-0.1, -0.05) is 12.8 Å². The SMILES string of the molecule is C[C@H](N1C=CC=NC1c1c(C#N)c2cc(C#N)ccc2n1C1CCCC1)C(F)(F)F. The minimum Gasteiger partial charge on any atom is -0.339 e. The maximum atomic E-state index is 13.6. The topological polar surface area (TPSA) is 68.1 Å². The smallest absolute Gasteiger partial charge is 0.339 e. The van der Waals surface area contributed by atoms with Crippen LogP contribution in [-0.2, 0) is 0 Å². The van der Waals surface area contributed by atoms with E-state index < -0.39 is 18.4 Å². The Morgan fingerprint density at radius 1 is 1.17 bits per heavy atom. The summed E-state index contributed by atoms with van der Waals surface area (Å²) in [6, 6.07) is 7.69. The molecule has 1 aromatic heterocycles. The van der Waals surface area contributed by atoms with Crippen molar-refractivity contribution in [3.8, 4) is 12.1 Å². The Morgan fingerprint density at radius 3 is 2.53 bits per heavy atom. The molecule has 8 heteroatoms. The van der Waals surface area contributed by atoms with Crippen LogP contribution in [0.2, 0.25) is 0 Å². The zero-order valence-electron chi connectivity index (χ0n) is 16.4. The van der Waals surface area contributed by atoms with Crippen LogP contribution in [0.4, 0.5) is 13.2 Å². The average Bonchev–Trinajstić information content (AvgIpc) is 3.37. The molecule has 0 saturated heterocycles. The Bertz CT molecular complexity index is 1110. The van der Waals surface area contributed by atoms with Crippen molar-refractivity contribution in [3.05, 3.63) is 47.3 Å². The molecule has 1 aromatic carbocycles.